The van der Waals surface area contributed by atoms with Crippen LogP contribution in [0.1, 0.15) is 18.1 Å². The van der Waals surface area contributed by atoms with Gasteiger partial charge in [-0.25, -0.2) is 15.5 Å². The number of anilines is 1. The summed E-state index contributed by atoms with van der Waals surface area (Å²) in [5.74, 6) is 4.80. The molecule has 0 amide bonds. The fourth-order valence-corrected chi connectivity index (χ4v) is 2.81. The molecule has 7 nitrogen and oxygen atoms in total. The summed E-state index contributed by atoms with van der Waals surface area (Å²) in [4.78, 5) is 15.7. The van der Waals surface area contributed by atoms with Gasteiger partial charge in [-0.05, 0) is 30.3 Å². The number of carbonyl (C=O) groups is 1. The summed E-state index contributed by atoms with van der Waals surface area (Å²) in [6.07, 6.45) is -9.11. The van der Waals surface area contributed by atoms with Crippen molar-refractivity contribution in [3.05, 3.63) is 71.7 Å². The van der Waals surface area contributed by atoms with E-state index in [4.69, 9.17) is 11.6 Å². The van der Waals surface area contributed by atoms with Crippen LogP contribution in [0.5, 0.6) is 0 Å². The Morgan fingerprint density at radius 2 is 1.52 bits per heavy atom. The highest BCUT2D eigenvalue weighted by molar-refractivity contribution is 5.99. The highest BCUT2D eigenvalue weighted by Crippen LogP contribution is 2.38. The van der Waals surface area contributed by atoms with Crippen molar-refractivity contribution >= 4 is 17.3 Å². The number of Topliss-reactive ketones (excluding diaryl/α,β-unsaturated/α-hetero) is 1. The van der Waals surface area contributed by atoms with Crippen molar-refractivity contribution in [3.63, 3.8) is 0 Å². The molecule has 0 radical (unpaired) electrons. The van der Waals surface area contributed by atoms with Crippen LogP contribution in [0.15, 0.2) is 60.6 Å². The van der Waals surface area contributed by atoms with Crippen LogP contribution in [0, 0.1) is 0 Å². The lowest BCUT2D eigenvalue weighted by atomic mass is 10.0. The maximum atomic E-state index is 13.2. The van der Waals surface area contributed by atoms with Crippen LogP contribution in [0.25, 0.3) is 17.2 Å². The lowest BCUT2D eigenvalue weighted by Crippen LogP contribution is -2.35. The van der Waals surface area contributed by atoms with Gasteiger partial charge in [0.1, 0.15) is 12.0 Å². The van der Waals surface area contributed by atoms with Gasteiger partial charge in [0, 0.05) is 12.5 Å². The fourth-order valence-electron chi connectivity index (χ4n) is 2.81. The molecule has 0 saturated heterocycles. The van der Waals surface area contributed by atoms with Gasteiger partial charge >= 0.3 is 12.4 Å². The normalized spacial score (nSPS) is 13.0. The minimum atomic E-state index is -5.04. The minimum absolute atomic E-state index is 0.00339. The number of allylic oxidation sites excluding steroid dienone is 1. The number of hydrogen-bond acceptors (Lipinski definition) is 6. The molecule has 0 aliphatic rings. The van der Waals surface area contributed by atoms with Crippen LogP contribution in [0.4, 0.5) is 32.0 Å². The molecule has 1 heterocycles. The van der Waals surface area contributed by atoms with Gasteiger partial charge in [-0.1, -0.05) is 18.2 Å². The summed E-state index contributed by atoms with van der Waals surface area (Å²) in [7, 11) is 0. The molecule has 3 aromatic rings. The van der Waals surface area contributed by atoms with Gasteiger partial charge in [-0.15, -0.1) is 5.10 Å². The molecule has 0 unspecified atom stereocenters. The van der Waals surface area contributed by atoms with Crippen LogP contribution >= 0.6 is 0 Å². The SMILES string of the molecule is CC(=O)/C(N)=C(/N(N)c1ccccc1)n1cnc(-c2cc(C(F)(F)F)cc(C(F)(F)F)c2)n1. The van der Waals surface area contributed by atoms with Crippen LogP contribution in [0.3, 0.4) is 0 Å². The van der Waals surface area contributed by atoms with E-state index < -0.39 is 40.7 Å². The van der Waals surface area contributed by atoms with Crippen molar-refractivity contribution in [1.29, 1.82) is 0 Å². The van der Waals surface area contributed by atoms with Crippen LogP contribution in [-0.4, -0.2) is 20.5 Å². The molecule has 0 atom stereocenters. The second-order valence-corrected chi connectivity index (χ2v) is 6.81. The van der Waals surface area contributed by atoms with Gasteiger partial charge in [-0.3, -0.25) is 9.80 Å². The smallest absolute Gasteiger partial charge is 0.393 e. The second-order valence-electron chi connectivity index (χ2n) is 6.81. The zero-order chi connectivity index (χ0) is 24.6. The van der Waals surface area contributed by atoms with Crippen LogP contribution < -0.4 is 16.6 Å². The van der Waals surface area contributed by atoms with Gasteiger partial charge in [0.2, 0.25) is 0 Å². The molecule has 0 bridgehead atoms. The Hall–Kier alpha value is -3.87. The van der Waals surface area contributed by atoms with Crippen molar-refractivity contribution in [2.75, 3.05) is 5.01 Å². The van der Waals surface area contributed by atoms with E-state index >= 15 is 0 Å². The number of hydrazine groups is 1. The molecule has 0 aliphatic heterocycles. The Morgan fingerprint density at radius 3 is 2.00 bits per heavy atom. The van der Waals surface area contributed by atoms with Crippen molar-refractivity contribution in [1.82, 2.24) is 14.8 Å². The Bertz CT molecular complexity index is 1170. The quantitative estimate of drug-likeness (QED) is 0.253. The molecule has 13 heteroatoms. The highest BCUT2D eigenvalue weighted by atomic mass is 19.4. The number of carbonyl (C=O) groups excluding carboxylic acids is 1. The first-order valence-corrected chi connectivity index (χ1v) is 9.11. The topological polar surface area (TPSA) is 103 Å². The maximum Gasteiger partial charge on any atom is 0.416 e. The van der Waals surface area contributed by atoms with E-state index in [1.165, 1.54) is 0 Å². The summed E-state index contributed by atoms with van der Waals surface area (Å²) in [6.45, 7) is 1.15. The van der Waals surface area contributed by atoms with Crippen molar-refractivity contribution in [2.45, 2.75) is 19.3 Å². The first kappa shape index (κ1) is 23.8. The monoisotopic (exact) mass is 470 g/mol. The Kier molecular flexibility index (Phi) is 6.18. The van der Waals surface area contributed by atoms with E-state index in [1.54, 1.807) is 30.3 Å². The summed E-state index contributed by atoms with van der Waals surface area (Å²) < 4.78 is 79.9. The van der Waals surface area contributed by atoms with Gasteiger partial charge in [0.25, 0.3) is 0 Å². The summed E-state index contributed by atoms with van der Waals surface area (Å²) in [6, 6.07) is 9.12. The predicted octanol–water partition coefficient (Wildman–Crippen LogP) is 4.04. The number of alkyl halides is 6. The van der Waals surface area contributed by atoms with Crippen molar-refractivity contribution in [3.8, 4) is 11.4 Å². The number of rotatable bonds is 5. The Balaban J connectivity index is 2.15. The van der Waals surface area contributed by atoms with E-state index in [1.807, 2.05) is 0 Å². The molecule has 0 fully saturated rings. The average Bonchev–Trinajstić information content (AvgIpc) is 3.22. The predicted molar refractivity (Wildman–Crippen MR) is 107 cm³/mol. The molecule has 4 N–H and O–H groups in total. The van der Waals surface area contributed by atoms with Gasteiger partial charge < -0.3 is 5.73 Å². The molecular formula is C20H16F6N6O. The van der Waals surface area contributed by atoms with Crippen LogP contribution in [-0.2, 0) is 17.1 Å². The Morgan fingerprint density at radius 1 is 0.970 bits per heavy atom. The lowest BCUT2D eigenvalue weighted by molar-refractivity contribution is -0.143. The zero-order valence-corrected chi connectivity index (χ0v) is 16.8. The first-order valence-electron chi connectivity index (χ1n) is 9.11. The maximum absolute atomic E-state index is 13.2. The Labute approximate surface area is 182 Å². The number of para-hydroxylation sites is 1. The number of benzene rings is 2. The fraction of sp³-hybridized carbons (Fsp3) is 0.150. The average molecular weight is 470 g/mol. The minimum Gasteiger partial charge on any atom is -0.393 e. The van der Waals surface area contributed by atoms with E-state index in [-0.39, 0.29) is 17.6 Å². The van der Waals surface area contributed by atoms with E-state index in [2.05, 4.69) is 10.1 Å². The molecule has 2 aromatic carbocycles. The molecule has 1 aromatic heterocycles. The number of aromatic nitrogens is 3. The standard InChI is InChI=1S/C20H16F6N6O/c1-11(33)16(27)18(32(28)15-5-3-2-4-6-15)31-10-29-17(30-31)12-7-13(19(21,22)23)9-14(8-12)20(24,25)26/h2-10H,27-28H2,1H3/b18-16-. The first-order chi connectivity index (χ1) is 15.3. The molecule has 0 saturated carbocycles. The van der Waals surface area contributed by atoms with Crippen LogP contribution in [0.2, 0.25) is 0 Å². The van der Waals surface area contributed by atoms with Gasteiger partial charge in [-0.2, -0.15) is 26.3 Å². The third kappa shape index (κ3) is 5.14. The molecular weight excluding hydrogens is 454 g/mol. The number of halogens is 6. The highest BCUT2D eigenvalue weighted by Gasteiger charge is 2.37. The molecule has 174 valence electrons. The van der Waals surface area contributed by atoms with E-state index in [9.17, 15) is 31.1 Å². The lowest BCUT2D eigenvalue weighted by Gasteiger charge is -2.22. The van der Waals surface area contributed by atoms with E-state index in [0.717, 1.165) is 22.9 Å². The molecule has 0 spiro atoms. The number of nitrogens with zero attached hydrogens (tertiary/aromatic N) is 4. The second kappa shape index (κ2) is 8.58. The van der Waals surface area contributed by atoms with Gasteiger partial charge in [0.15, 0.2) is 17.4 Å². The largest absolute Gasteiger partial charge is 0.416 e. The molecule has 3 rings (SSSR count). The van der Waals surface area contributed by atoms with Gasteiger partial charge in [0.05, 0.1) is 16.8 Å². The van der Waals surface area contributed by atoms with Crippen molar-refractivity contribution in [2.24, 2.45) is 11.6 Å². The van der Waals surface area contributed by atoms with E-state index in [0.29, 0.717) is 17.8 Å². The third-order valence-corrected chi connectivity index (χ3v) is 4.44. The number of nitrogens with two attached hydrogens (primary N) is 2. The van der Waals surface area contributed by atoms with Crippen molar-refractivity contribution < 1.29 is 31.1 Å². The molecule has 33 heavy (non-hydrogen) atoms. The summed E-state index contributed by atoms with van der Waals surface area (Å²) in [5, 5.41) is 4.92. The number of hydrogen-bond donors (Lipinski definition) is 2. The molecule has 0 aliphatic carbocycles. The number of ketones is 1. The third-order valence-electron chi connectivity index (χ3n) is 4.44. The summed E-state index contributed by atoms with van der Waals surface area (Å²) in [5.41, 5.74) is 2.28. The zero-order valence-electron chi connectivity index (χ0n) is 16.8. The summed E-state index contributed by atoms with van der Waals surface area (Å²) >= 11 is 0.